The lowest BCUT2D eigenvalue weighted by Gasteiger charge is -2.36. The van der Waals surface area contributed by atoms with Crippen LogP contribution in [0.2, 0.25) is 10.0 Å². The van der Waals surface area contributed by atoms with Crippen LogP contribution in [0.15, 0.2) is 67.7 Å². The van der Waals surface area contributed by atoms with E-state index < -0.39 is 45.9 Å². The monoisotopic (exact) mass is 1050 g/mol. The van der Waals surface area contributed by atoms with E-state index in [1.165, 1.54) is 30.3 Å². The Morgan fingerprint density at radius 1 is 0.630 bits per heavy atom. The molecule has 0 aliphatic carbocycles. The van der Waals surface area contributed by atoms with Gasteiger partial charge in [-0.15, -0.1) is 0 Å². The Kier molecular flexibility index (Phi) is 15.7. The number of anilines is 2. The Labute approximate surface area is 431 Å². The standard InChI is InChI=1S/C26H32ClN5O5.C25H32ClN5O5/c1-26(2,3)37-24(35)28-17-10-8-12-31(14-17)22-18(15-33)20-21(23(34)30(5)25(36)29(20)4)32(22)13-16-9-6-7-11-19(16)27;1-25(2,3)36-23(34)27-16-10-8-12-30(14-16)21-20(32)18-19(22(33)29(5)24(35)28(18)4)31(21)13-15-9-6-7-11-17(15)26/h6-7,9,11,15,17H,8,10,12-14H2,1-5H3,(H,28,35);6-7,9,11,16,32H,8,10,12-14H2,1-5H3,(H,27,34)/t17-;16-/m11/s1. The molecule has 3 N–H and O–H groups in total. The lowest BCUT2D eigenvalue weighted by Crippen LogP contribution is -2.49. The zero-order valence-electron chi connectivity index (χ0n) is 42.9. The average Bonchev–Trinajstić information content (AvgIpc) is 3.80. The van der Waals surface area contributed by atoms with Crippen molar-refractivity contribution in [2.45, 2.75) is 104 Å². The summed E-state index contributed by atoms with van der Waals surface area (Å²) in [6, 6.07) is 14.1. The van der Waals surface area contributed by atoms with Gasteiger partial charge < -0.3 is 44.1 Å². The summed E-state index contributed by atoms with van der Waals surface area (Å²) in [5.74, 6) is 0.755. The van der Waals surface area contributed by atoms with Crippen molar-refractivity contribution in [2.75, 3.05) is 36.0 Å². The molecule has 0 saturated carbocycles. The number of fused-ring (bicyclic) bond motifs is 2. The number of aromatic nitrogens is 6. The van der Waals surface area contributed by atoms with Crippen LogP contribution in [-0.2, 0) is 50.8 Å². The van der Waals surface area contributed by atoms with Crippen LogP contribution in [0.5, 0.6) is 5.75 Å². The fourth-order valence-corrected chi connectivity index (χ4v) is 10.0. The molecule has 6 aromatic rings. The minimum absolute atomic E-state index is 0.160. The number of hydrogen-bond donors (Lipinski definition) is 3. The Bertz CT molecular complexity index is 3350. The first kappa shape index (κ1) is 53.9. The second kappa shape index (κ2) is 21.3. The zero-order chi connectivity index (χ0) is 53.4. The Morgan fingerprint density at radius 3 is 1.45 bits per heavy atom. The molecule has 0 bridgehead atoms. The van der Waals surface area contributed by atoms with Gasteiger partial charge in [-0.05, 0) is 90.5 Å². The molecular weight excluding hydrogens is 984 g/mol. The molecular formula is C51H64Cl2N10O10. The van der Waals surface area contributed by atoms with E-state index in [1.54, 1.807) is 69.9 Å². The quantitative estimate of drug-likeness (QED) is 0.142. The summed E-state index contributed by atoms with van der Waals surface area (Å²) in [6.45, 7) is 13.2. The lowest BCUT2D eigenvalue weighted by molar-refractivity contribution is 0.0488. The van der Waals surface area contributed by atoms with E-state index in [4.69, 9.17) is 32.7 Å². The number of piperidine rings is 2. The predicted octanol–water partition coefficient (Wildman–Crippen LogP) is 5.99. The van der Waals surface area contributed by atoms with Crippen molar-refractivity contribution >= 4 is 75.4 Å². The summed E-state index contributed by atoms with van der Waals surface area (Å²) in [6.07, 6.45) is 2.62. The molecule has 20 nitrogen and oxygen atoms in total. The molecule has 8 rings (SSSR count). The molecule has 0 unspecified atom stereocenters. The van der Waals surface area contributed by atoms with Crippen molar-refractivity contribution in [3.63, 3.8) is 0 Å². The average molecular weight is 1050 g/mol. The van der Waals surface area contributed by atoms with Crippen LogP contribution in [0.4, 0.5) is 21.2 Å². The Morgan fingerprint density at radius 2 is 1.03 bits per heavy atom. The second-order valence-corrected chi connectivity index (χ2v) is 21.4. The van der Waals surface area contributed by atoms with Crippen molar-refractivity contribution < 1.29 is 29.0 Å². The van der Waals surface area contributed by atoms with Gasteiger partial charge in [-0.1, -0.05) is 59.6 Å². The summed E-state index contributed by atoms with van der Waals surface area (Å²) in [5.41, 5.74) is -0.683. The van der Waals surface area contributed by atoms with Gasteiger partial charge >= 0.3 is 23.6 Å². The number of aldehydes is 1. The highest BCUT2D eigenvalue weighted by Crippen LogP contribution is 2.39. The predicted molar refractivity (Wildman–Crippen MR) is 282 cm³/mol. The number of amides is 2. The van der Waals surface area contributed by atoms with Gasteiger partial charge in [-0.25, -0.2) is 19.2 Å². The van der Waals surface area contributed by atoms with Crippen molar-refractivity contribution in [1.29, 1.82) is 0 Å². The molecule has 4 aromatic heterocycles. The Balaban J connectivity index is 0.000000214. The smallest absolute Gasteiger partial charge is 0.407 e. The number of rotatable bonds is 9. The fourth-order valence-electron chi connectivity index (χ4n) is 9.61. The van der Waals surface area contributed by atoms with Crippen molar-refractivity contribution in [3.05, 3.63) is 117 Å². The highest BCUT2D eigenvalue weighted by Gasteiger charge is 2.34. The van der Waals surface area contributed by atoms with Crippen LogP contribution in [0.25, 0.3) is 22.1 Å². The van der Waals surface area contributed by atoms with Crippen LogP contribution < -0.4 is 42.9 Å². The molecule has 2 fully saturated rings. The molecule has 2 aliphatic heterocycles. The number of nitrogens with zero attached hydrogens (tertiary/aromatic N) is 8. The van der Waals surface area contributed by atoms with E-state index in [0.717, 1.165) is 45.9 Å². The van der Waals surface area contributed by atoms with Crippen LogP contribution in [0, 0.1) is 0 Å². The maximum Gasteiger partial charge on any atom is 0.407 e. The van der Waals surface area contributed by atoms with Crippen molar-refractivity contribution in [3.8, 4) is 5.75 Å². The molecule has 2 aliphatic rings. The molecule has 2 atom stereocenters. The maximum absolute atomic E-state index is 13.4. The number of ether oxygens (including phenoxy) is 2. The number of carbonyl (C=O) groups is 3. The molecule has 2 saturated heterocycles. The van der Waals surface area contributed by atoms with E-state index >= 15 is 0 Å². The first-order valence-corrected chi connectivity index (χ1v) is 24.8. The van der Waals surface area contributed by atoms with Crippen molar-refractivity contribution in [2.24, 2.45) is 28.2 Å². The summed E-state index contributed by atoms with van der Waals surface area (Å²) >= 11 is 12.9. The van der Waals surface area contributed by atoms with Gasteiger partial charge in [0.05, 0.1) is 24.2 Å². The number of alkyl carbamates (subject to hydrolysis) is 2. The van der Waals surface area contributed by atoms with E-state index in [9.17, 15) is 38.7 Å². The number of carbonyl (C=O) groups excluding carboxylic acids is 3. The third-order valence-corrected chi connectivity index (χ3v) is 13.6. The van der Waals surface area contributed by atoms with Gasteiger partial charge in [0.2, 0.25) is 0 Å². The molecule has 73 heavy (non-hydrogen) atoms. The molecule has 0 spiro atoms. The van der Waals surface area contributed by atoms with Crippen LogP contribution in [0.3, 0.4) is 0 Å². The van der Waals surface area contributed by atoms with Gasteiger partial charge in [-0.3, -0.25) is 32.7 Å². The maximum atomic E-state index is 13.4. The van der Waals surface area contributed by atoms with Gasteiger partial charge in [0.1, 0.15) is 33.6 Å². The van der Waals surface area contributed by atoms with E-state index in [-0.39, 0.29) is 58.6 Å². The first-order valence-electron chi connectivity index (χ1n) is 24.1. The van der Waals surface area contributed by atoms with Gasteiger partial charge in [0, 0.05) is 76.5 Å². The molecule has 22 heteroatoms. The minimum Gasteiger partial charge on any atom is -0.503 e. The number of aryl methyl sites for hydroxylation is 2. The fraction of sp³-hybridized carbons (Fsp3) is 0.471. The number of benzene rings is 2. The molecule has 2 amide bonds. The summed E-state index contributed by atoms with van der Waals surface area (Å²) in [7, 11) is 5.90. The number of aromatic hydroxyl groups is 1. The normalized spacial score (nSPS) is 16.3. The first-order chi connectivity index (χ1) is 34.3. The lowest BCUT2D eigenvalue weighted by atomic mass is 10.1. The van der Waals surface area contributed by atoms with Gasteiger partial charge in [0.15, 0.2) is 17.9 Å². The van der Waals surface area contributed by atoms with E-state index in [0.29, 0.717) is 54.1 Å². The SMILES string of the molecule is Cn1c(=O)c2c(c(C=O)c(N3CCC[C@@H](NC(=O)OC(C)(C)C)C3)n2Cc2ccccc2Cl)n(C)c1=O.Cn1c(=O)c2c(c(O)c(N3CCC[C@@H](NC(=O)OC(C)(C)C)C3)n2Cc2ccccc2Cl)n(C)c1=O. The molecule has 2 aromatic carbocycles. The van der Waals surface area contributed by atoms with Gasteiger partial charge in [0.25, 0.3) is 11.1 Å². The highest BCUT2D eigenvalue weighted by atomic mass is 35.5. The highest BCUT2D eigenvalue weighted by molar-refractivity contribution is 6.31. The largest absolute Gasteiger partial charge is 0.503 e. The third kappa shape index (κ3) is 11.3. The topological polar surface area (TPSA) is 218 Å². The number of nitrogens with one attached hydrogen (secondary N) is 2. The van der Waals surface area contributed by atoms with Crippen LogP contribution in [-0.4, -0.2) is 100 Å². The molecule has 6 heterocycles. The van der Waals surface area contributed by atoms with E-state index in [2.05, 4.69) is 10.6 Å². The molecule has 392 valence electrons. The Hall–Kier alpha value is -6.93. The minimum atomic E-state index is -0.630. The second-order valence-electron chi connectivity index (χ2n) is 20.6. The summed E-state index contributed by atoms with van der Waals surface area (Å²) < 4.78 is 19.0. The molecule has 0 radical (unpaired) electrons. The van der Waals surface area contributed by atoms with Crippen molar-refractivity contribution in [1.82, 2.24) is 38.0 Å². The number of hydrogen-bond acceptors (Lipinski definition) is 12. The zero-order valence-corrected chi connectivity index (χ0v) is 44.4. The van der Waals surface area contributed by atoms with Gasteiger partial charge in [-0.2, -0.15) is 0 Å². The summed E-state index contributed by atoms with van der Waals surface area (Å²) in [5, 5.41) is 18.3. The van der Waals surface area contributed by atoms with Crippen LogP contribution in [0.1, 0.15) is 88.7 Å². The summed E-state index contributed by atoms with van der Waals surface area (Å²) in [4.78, 5) is 93.4. The van der Waals surface area contributed by atoms with Crippen LogP contribution >= 0.6 is 23.2 Å². The number of halogens is 2. The third-order valence-electron chi connectivity index (χ3n) is 12.8. The van der Waals surface area contributed by atoms with E-state index in [1.807, 2.05) is 46.2 Å².